The zero-order chi connectivity index (χ0) is 24.2. The number of rotatable bonds is 8. The summed E-state index contributed by atoms with van der Waals surface area (Å²) < 4.78 is 10.6. The molecule has 4 rings (SSSR count). The summed E-state index contributed by atoms with van der Waals surface area (Å²) in [4.78, 5) is 41.7. The van der Waals surface area contributed by atoms with Crippen molar-refractivity contribution in [3.05, 3.63) is 58.1 Å². The van der Waals surface area contributed by atoms with E-state index >= 15 is 0 Å². The minimum absolute atomic E-state index is 0.0608. The fourth-order valence-electron chi connectivity index (χ4n) is 4.54. The number of amides is 2. The number of hydrogen-bond acceptors (Lipinski definition) is 8. The van der Waals surface area contributed by atoms with Gasteiger partial charge < -0.3 is 14.4 Å². The van der Waals surface area contributed by atoms with E-state index in [9.17, 15) is 19.7 Å². The molecule has 34 heavy (non-hydrogen) atoms. The van der Waals surface area contributed by atoms with Crippen LogP contribution in [0, 0.1) is 10.1 Å². The summed E-state index contributed by atoms with van der Waals surface area (Å²) in [6.45, 7) is 2.98. The molecule has 2 amide bonds. The first-order valence-electron chi connectivity index (χ1n) is 11.2. The average molecular weight is 469 g/mol. The molecule has 10 nitrogen and oxygen atoms in total. The maximum Gasteiger partial charge on any atom is 0.269 e. The number of anilines is 1. The first-order chi connectivity index (χ1) is 16.4. The molecular weight excluding hydrogens is 440 g/mol. The maximum absolute atomic E-state index is 13.1. The van der Waals surface area contributed by atoms with Gasteiger partial charge in [0.15, 0.2) is 11.5 Å². The summed E-state index contributed by atoms with van der Waals surface area (Å²) in [7, 11) is 3.14. The second-order valence-corrected chi connectivity index (χ2v) is 8.34. The third kappa shape index (κ3) is 4.81. The van der Waals surface area contributed by atoms with E-state index in [-0.39, 0.29) is 23.9 Å². The standard InChI is InChI=1S/C24H28N4O6/c1-33-21-8-3-17(15-22(21)34-2)9-10-27-23(29)16-20(24(27)30)26-13-11-25(12-14-26)18-4-6-19(7-5-18)28(31)32/h3-8,15,20H,9-14,16H2,1-2H3/t20-/m1/s1. The van der Waals surface area contributed by atoms with Gasteiger partial charge in [0.1, 0.15) is 0 Å². The highest BCUT2D eigenvalue weighted by Crippen LogP contribution is 2.28. The third-order valence-electron chi connectivity index (χ3n) is 6.47. The van der Waals surface area contributed by atoms with Gasteiger partial charge in [-0.2, -0.15) is 0 Å². The zero-order valence-electron chi connectivity index (χ0n) is 19.3. The second-order valence-electron chi connectivity index (χ2n) is 8.34. The van der Waals surface area contributed by atoms with Crippen LogP contribution in [0.3, 0.4) is 0 Å². The number of nitro groups is 1. The van der Waals surface area contributed by atoms with Crippen molar-refractivity contribution in [1.29, 1.82) is 0 Å². The molecule has 1 atom stereocenters. The van der Waals surface area contributed by atoms with E-state index in [1.54, 1.807) is 26.4 Å². The normalized spacial score (nSPS) is 18.9. The largest absolute Gasteiger partial charge is 0.493 e. The van der Waals surface area contributed by atoms with Crippen LogP contribution >= 0.6 is 0 Å². The Hall–Kier alpha value is -3.66. The van der Waals surface area contributed by atoms with Crippen LogP contribution < -0.4 is 14.4 Å². The SMILES string of the molecule is COc1ccc(CCN2C(=O)C[C@@H](N3CCN(c4ccc([N+](=O)[O-])cc4)CC3)C2=O)cc1OC. The van der Waals surface area contributed by atoms with Gasteiger partial charge in [-0.05, 0) is 36.2 Å². The highest BCUT2D eigenvalue weighted by molar-refractivity contribution is 6.05. The van der Waals surface area contributed by atoms with Gasteiger partial charge in [-0.25, -0.2) is 0 Å². The van der Waals surface area contributed by atoms with E-state index in [0.29, 0.717) is 50.6 Å². The quantitative estimate of drug-likeness (QED) is 0.330. The van der Waals surface area contributed by atoms with Crippen molar-refractivity contribution in [2.24, 2.45) is 0 Å². The minimum Gasteiger partial charge on any atom is -0.493 e. The maximum atomic E-state index is 13.1. The molecule has 2 aromatic rings. The number of imide groups is 1. The molecule has 0 saturated carbocycles. The first kappa shape index (κ1) is 23.5. The van der Waals surface area contributed by atoms with Crippen LogP contribution in [0.15, 0.2) is 42.5 Å². The summed E-state index contributed by atoms with van der Waals surface area (Å²) in [6.07, 6.45) is 0.737. The number of carbonyl (C=O) groups excluding carboxylic acids is 2. The molecule has 0 radical (unpaired) electrons. The van der Waals surface area contributed by atoms with Crippen molar-refractivity contribution in [1.82, 2.24) is 9.80 Å². The van der Waals surface area contributed by atoms with Crippen molar-refractivity contribution in [3.8, 4) is 11.5 Å². The topological polar surface area (TPSA) is 105 Å². The predicted molar refractivity (Wildman–Crippen MR) is 125 cm³/mol. The van der Waals surface area contributed by atoms with E-state index in [4.69, 9.17) is 9.47 Å². The average Bonchev–Trinajstić information content (AvgIpc) is 3.15. The summed E-state index contributed by atoms with van der Waals surface area (Å²) in [5.74, 6) is 0.956. The lowest BCUT2D eigenvalue weighted by Gasteiger charge is -2.38. The van der Waals surface area contributed by atoms with E-state index in [1.807, 2.05) is 18.2 Å². The number of piperazine rings is 1. The molecule has 0 unspecified atom stereocenters. The Balaban J connectivity index is 1.33. The Labute approximate surface area is 197 Å². The molecule has 0 bridgehead atoms. The number of non-ortho nitro benzene ring substituents is 1. The van der Waals surface area contributed by atoms with Crippen molar-refractivity contribution < 1.29 is 24.0 Å². The predicted octanol–water partition coefficient (Wildman–Crippen LogP) is 2.10. The molecule has 180 valence electrons. The van der Waals surface area contributed by atoms with Crippen LogP contribution in [-0.2, 0) is 16.0 Å². The molecule has 2 fully saturated rings. The lowest BCUT2D eigenvalue weighted by Crippen LogP contribution is -2.52. The molecule has 2 aliphatic heterocycles. The smallest absolute Gasteiger partial charge is 0.269 e. The molecule has 10 heteroatoms. The Morgan fingerprint density at radius 2 is 1.65 bits per heavy atom. The van der Waals surface area contributed by atoms with Crippen LogP contribution in [0.25, 0.3) is 0 Å². The van der Waals surface area contributed by atoms with Gasteiger partial charge in [-0.3, -0.25) is 29.5 Å². The van der Waals surface area contributed by atoms with Crippen molar-refractivity contribution in [3.63, 3.8) is 0 Å². The molecule has 0 aliphatic carbocycles. The van der Waals surface area contributed by atoms with Crippen LogP contribution in [0.1, 0.15) is 12.0 Å². The number of ether oxygens (including phenoxy) is 2. The van der Waals surface area contributed by atoms with Gasteiger partial charge in [0.25, 0.3) is 5.69 Å². The molecule has 0 N–H and O–H groups in total. The monoisotopic (exact) mass is 468 g/mol. The van der Waals surface area contributed by atoms with Gasteiger partial charge in [-0.1, -0.05) is 6.07 Å². The highest BCUT2D eigenvalue weighted by atomic mass is 16.6. The van der Waals surface area contributed by atoms with Crippen molar-refractivity contribution in [2.45, 2.75) is 18.9 Å². The lowest BCUT2D eigenvalue weighted by molar-refractivity contribution is -0.384. The summed E-state index contributed by atoms with van der Waals surface area (Å²) in [5.41, 5.74) is 1.93. The van der Waals surface area contributed by atoms with Gasteiger partial charge in [0, 0.05) is 50.5 Å². The molecule has 2 heterocycles. The van der Waals surface area contributed by atoms with E-state index in [2.05, 4.69) is 9.80 Å². The molecule has 0 aromatic heterocycles. The molecule has 0 spiro atoms. The number of nitrogens with zero attached hydrogens (tertiary/aromatic N) is 4. The fourth-order valence-corrected chi connectivity index (χ4v) is 4.54. The Kier molecular flexibility index (Phi) is 6.97. The van der Waals surface area contributed by atoms with Gasteiger partial charge in [-0.15, -0.1) is 0 Å². The van der Waals surface area contributed by atoms with Crippen molar-refractivity contribution in [2.75, 3.05) is 51.8 Å². The third-order valence-corrected chi connectivity index (χ3v) is 6.47. The van der Waals surface area contributed by atoms with Gasteiger partial charge in [0.2, 0.25) is 11.8 Å². The van der Waals surface area contributed by atoms with E-state index in [1.165, 1.54) is 17.0 Å². The zero-order valence-corrected chi connectivity index (χ0v) is 19.3. The Morgan fingerprint density at radius 1 is 0.971 bits per heavy atom. The number of nitro benzene ring substituents is 1. The van der Waals surface area contributed by atoms with Crippen molar-refractivity contribution >= 4 is 23.2 Å². The van der Waals surface area contributed by atoms with Gasteiger partial charge >= 0.3 is 0 Å². The Bertz CT molecular complexity index is 1070. The summed E-state index contributed by atoms with van der Waals surface area (Å²) in [5, 5.41) is 10.9. The highest BCUT2D eigenvalue weighted by Gasteiger charge is 2.42. The summed E-state index contributed by atoms with van der Waals surface area (Å²) >= 11 is 0. The number of carbonyl (C=O) groups is 2. The Morgan fingerprint density at radius 3 is 2.26 bits per heavy atom. The molecule has 2 aliphatic rings. The van der Waals surface area contributed by atoms with Gasteiger partial charge in [0.05, 0.1) is 31.6 Å². The second kappa shape index (κ2) is 10.1. The van der Waals surface area contributed by atoms with Crippen LogP contribution in [0.4, 0.5) is 11.4 Å². The van der Waals surface area contributed by atoms with Crippen LogP contribution in [-0.4, -0.2) is 79.5 Å². The minimum atomic E-state index is -0.433. The van der Waals surface area contributed by atoms with Crippen LogP contribution in [0.2, 0.25) is 0 Å². The molecule has 2 aromatic carbocycles. The summed E-state index contributed by atoms with van der Waals surface area (Å²) in [6, 6.07) is 11.6. The number of benzene rings is 2. The lowest BCUT2D eigenvalue weighted by atomic mass is 10.1. The van der Waals surface area contributed by atoms with E-state index in [0.717, 1.165) is 11.3 Å². The fraction of sp³-hybridized carbons (Fsp3) is 0.417. The molecular formula is C24H28N4O6. The number of methoxy groups -OCH3 is 2. The number of hydrogen-bond donors (Lipinski definition) is 0. The number of likely N-dealkylation sites (tertiary alicyclic amines) is 1. The van der Waals surface area contributed by atoms with E-state index < -0.39 is 11.0 Å². The molecule has 2 saturated heterocycles. The first-order valence-corrected chi connectivity index (χ1v) is 11.2. The van der Waals surface area contributed by atoms with Crippen LogP contribution in [0.5, 0.6) is 11.5 Å².